The van der Waals surface area contributed by atoms with Gasteiger partial charge in [-0.05, 0) is 45.2 Å². The lowest BCUT2D eigenvalue weighted by molar-refractivity contribution is 0.0282. The molecule has 1 aliphatic carbocycles. The van der Waals surface area contributed by atoms with Crippen LogP contribution in [-0.4, -0.2) is 48.0 Å². The first-order chi connectivity index (χ1) is 7.22. The minimum Gasteiger partial charge on any atom is -0.396 e. The molecule has 1 aliphatic rings. The Kier molecular flexibility index (Phi) is 6.22. The van der Waals surface area contributed by atoms with Gasteiger partial charge in [0.05, 0.1) is 6.10 Å². The molecule has 0 atom stereocenters. The molecule has 0 radical (unpaired) electrons. The van der Waals surface area contributed by atoms with Crippen LogP contribution in [0.1, 0.15) is 38.5 Å². The molecule has 0 aromatic rings. The zero-order valence-electron chi connectivity index (χ0n) is 9.86. The molecule has 0 spiro atoms. The highest BCUT2D eigenvalue weighted by atomic mass is 16.3. The van der Waals surface area contributed by atoms with E-state index in [0.717, 1.165) is 44.7 Å². The van der Waals surface area contributed by atoms with Crippen molar-refractivity contribution in [3.8, 4) is 0 Å². The Bertz CT molecular complexity index is 158. The highest BCUT2D eigenvalue weighted by molar-refractivity contribution is 4.80. The van der Waals surface area contributed by atoms with Crippen molar-refractivity contribution >= 4 is 0 Å². The second kappa shape index (κ2) is 7.20. The Morgan fingerprint density at radius 3 is 2.40 bits per heavy atom. The van der Waals surface area contributed by atoms with Crippen molar-refractivity contribution in [2.75, 3.05) is 26.7 Å². The molecule has 3 heteroatoms. The summed E-state index contributed by atoms with van der Waals surface area (Å²) in [6.45, 7) is 2.62. The average molecular weight is 215 g/mol. The van der Waals surface area contributed by atoms with Gasteiger partial charge in [-0.1, -0.05) is 12.8 Å². The summed E-state index contributed by atoms with van der Waals surface area (Å²) in [5, 5.41) is 17.8. The van der Waals surface area contributed by atoms with Gasteiger partial charge >= 0.3 is 0 Å². The Labute approximate surface area is 93.1 Å². The Morgan fingerprint density at radius 2 is 1.80 bits per heavy atom. The van der Waals surface area contributed by atoms with Gasteiger partial charge in [-0.25, -0.2) is 0 Å². The van der Waals surface area contributed by atoms with E-state index in [9.17, 15) is 0 Å². The van der Waals surface area contributed by atoms with Gasteiger partial charge in [-0.3, -0.25) is 0 Å². The summed E-state index contributed by atoms with van der Waals surface area (Å²) >= 11 is 0. The van der Waals surface area contributed by atoms with Gasteiger partial charge in [0.15, 0.2) is 0 Å². The Morgan fingerprint density at radius 1 is 1.13 bits per heavy atom. The molecule has 0 bridgehead atoms. The quantitative estimate of drug-likeness (QED) is 0.599. The van der Waals surface area contributed by atoms with E-state index in [1.807, 2.05) is 0 Å². The topological polar surface area (TPSA) is 43.7 Å². The molecule has 0 heterocycles. The first-order valence-electron chi connectivity index (χ1n) is 6.20. The molecule has 15 heavy (non-hydrogen) atoms. The smallest absolute Gasteiger partial charge is 0.0546 e. The standard InChI is InChI=1S/C12H25NO2/c1-13(6-4-2-3-5-7-14)10-11-8-12(15)9-11/h11-12,14-15H,2-10H2,1H3. The molecular formula is C12H25NO2. The summed E-state index contributed by atoms with van der Waals surface area (Å²) < 4.78 is 0. The molecule has 3 nitrogen and oxygen atoms in total. The highest BCUT2D eigenvalue weighted by Gasteiger charge is 2.27. The summed E-state index contributed by atoms with van der Waals surface area (Å²) in [6, 6.07) is 0. The first-order valence-corrected chi connectivity index (χ1v) is 6.20. The number of rotatable bonds is 8. The SMILES string of the molecule is CN(CCCCCCO)CC1CC(O)C1. The molecule has 1 saturated carbocycles. The zero-order chi connectivity index (χ0) is 11.1. The van der Waals surface area contributed by atoms with E-state index in [1.165, 1.54) is 12.8 Å². The first kappa shape index (κ1) is 12.9. The maximum atomic E-state index is 9.16. The molecule has 1 rings (SSSR count). The van der Waals surface area contributed by atoms with Gasteiger partial charge in [-0.15, -0.1) is 0 Å². The summed E-state index contributed by atoms with van der Waals surface area (Å²) in [4.78, 5) is 2.37. The second-order valence-electron chi connectivity index (χ2n) is 4.89. The fourth-order valence-corrected chi connectivity index (χ4v) is 2.23. The minimum atomic E-state index is -0.0204. The zero-order valence-corrected chi connectivity index (χ0v) is 9.86. The molecule has 0 saturated heterocycles. The van der Waals surface area contributed by atoms with Gasteiger partial charge in [0.2, 0.25) is 0 Å². The van der Waals surface area contributed by atoms with E-state index in [1.54, 1.807) is 0 Å². The third-order valence-electron chi connectivity index (χ3n) is 3.23. The van der Waals surface area contributed by atoms with E-state index in [4.69, 9.17) is 10.2 Å². The second-order valence-corrected chi connectivity index (χ2v) is 4.89. The normalized spacial score (nSPS) is 25.6. The van der Waals surface area contributed by atoms with Crippen molar-refractivity contribution in [3.05, 3.63) is 0 Å². The Hall–Kier alpha value is -0.120. The third kappa shape index (κ3) is 5.50. The fourth-order valence-electron chi connectivity index (χ4n) is 2.23. The number of hydrogen-bond acceptors (Lipinski definition) is 3. The van der Waals surface area contributed by atoms with Gasteiger partial charge < -0.3 is 15.1 Å². The van der Waals surface area contributed by atoms with E-state index in [0.29, 0.717) is 6.61 Å². The van der Waals surface area contributed by atoms with Crippen LogP contribution in [-0.2, 0) is 0 Å². The lowest BCUT2D eigenvalue weighted by Gasteiger charge is -2.34. The van der Waals surface area contributed by atoms with Crippen LogP contribution in [0.15, 0.2) is 0 Å². The van der Waals surface area contributed by atoms with E-state index in [2.05, 4.69) is 11.9 Å². The van der Waals surface area contributed by atoms with Crippen LogP contribution in [0.3, 0.4) is 0 Å². The predicted molar refractivity (Wildman–Crippen MR) is 61.8 cm³/mol. The number of hydrogen-bond donors (Lipinski definition) is 2. The molecule has 0 amide bonds. The maximum absolute atomic E-state index is 9.16. The van der Waals surface area contributed by atoms with Crippen molar-refractivity contribution in [1.29, 1.82) is 0 Å². The lowest BCUT2D eigenvalue weighted by Crippen LogP contribution is -2.37. The van der Waals surface area contributed by atoms with Gasteiger partial charge in [0.1, 0.15) is 0 Å². The van der Waals surface area contributed by atoms with Crippen molar-refractivity contribution in [1.82, 2.24) is 4.90 Å². The van der Waals surface area contributed by atoms with Gasteiger partial charge in [0, 0.05) is 13.2 Å². The van der Waals surface area contributed by atoms with E-state index < -0.39 is 0 Å². The van der Waals surface area contributed by atoms with Crippen molar-refractivity contribution < 1.29 is 10.2 Å². The van der Waals surface area contributed by atoms with Crippen LogP contribution in [0.2, 0.25) is 0 Å². The molecule has 0 aromatic heterocycles. The fraction of sp³-hybridized carbons (Fsp3) is 1.00. The number of aliphatic hydroxyl groups excluding tert-OH is 2. The summed E-state index contributed by atoms with van der Waals surface area (Å²) in [5.41, 5.74) is 0. The van der Waals surface area contributed by atoms with E-state index in [-0.39, 0.29) is 6.10 Å². The minimum absolute atomic E-state index is 0.0204. The van der Waals surface area contributed by atoms with Crippen LogP contribution in [0.25, 0.3) is 0 Å². The van der Waals surface area contributed by atoms with Crippen molar-refractivity contribution in [2.24, 2.45) is 5.92 Å². The van der Waals surface area contributed by atoms with Crippen LogP contribution >= 0.6 is 0 Å². The van der Waals surface area contributed by atoms with E-state index >= 15 is 0 Å². The summed E-state index contributed by atoms with van der Waals surface area (Å²) in [7, 11) is 2.16. The largest absolute Gasteiger partial charge is 0.396 e. The van der Waals surface area contributed by atoms with Gasteiger partial charge in [0.25, 0.3) is 0 Å². The third-order valence-corrected chi connectivity index (χ3v) is 3.23. The van der Waals surface area contributed by atoms with Crippen LogP contribution in [0.5, 0.6) is 0 Å². The molecule has 0 aliphatic heterocycles. The van der Waals surface area contributed by atoms with Crippen LogP contribution < -0.4 is 0 Å². The van der Waals surface area contributed by atoms with Crippen molar-refractivity contribution in [3.63, 3.8) is 0 Å². The molecule has 90 valence electrons. The summed E-state index contributed by atoms with van der Waals surface area (Å²) in [5.74, 6) is 0.724. The Balaban J connectivity index is 1.87. The molecule has 1 fully saturated rings. The number of aliphatic hydroxyl groups is 2. The molecular weight excluding hydrogens is 190 g/mol. The predicted octanol–water partition coefficient (Wildman–Crippen LogP) is 1.24. The molecule has 0 unspecified atom stereocenters. The lowest BCUT2D eigenvalue weighted by atomic mass is 9.82. The molecule has 0 aromatic carbocycles. The monoisotopic (exact) mass is 215 g/mol. The maximum Gasteiger partial charge on any atom is 0.0546 e. The van der Waals surface area contributed by atoms with Crippen molar-refractivity contribution in [2.45, 2.75) is 44.6 Å². The highest BCUT2D eigenvalue weighted by Crippen LogP contribution is 2.27. The van der Waals surface area contributed by atoms with Gasteiger partial charge in [-0.2, -0.15) is 0 Å². The average Bonchev–Trinajstić information content (AvgIpc) is 2.15. The number of nitrogens with zero attached hydrogens (tertiary/aromatic N) is 1. The molecule has 2 N–H and O–H groups in total. The van der Waals surface area contributed by atoms with Crippen LogP contribution in [0, 0.1) is 5.92 Å². The number of unbranched alkanes of at least 4 members (excludes halogenated alkanes) is 3. The van der Waals surface area contributed by atoms with Crippen LogP contribution in [0.4, 0.5) is 0 Å². The summed E-state index contributed by atoms with van der Waals surface area (Å²) in [6.07, 6.45) is 6.51.